The number of hydrogen-bond donors (Lipinski definition) is 2. The highest BCUT2D eigenvalue weighted by Gasteiger charge is 2.40. The number of ether oxygens (including phenoxy) is 1. The van der Waals surface area contributed by atoms with E-state index in [0.717, 1.165) is 37.0 Å². The minimum absolute atomic E-state index is 0.0233. The average Bonchev–Trinajstić information content (AvgIpc) is 3.73. The number of hydrogen-bond acceptors (Lipinski definition) is 9. The van der Waals surface area contributed by atoms with Crippen molar-refractivity contribution in [2.75, 3.05) is 6.54 Å². The van der Waals surface area contributed by atoms with Crippen LogP contribution in [0.25, 0.3) is 10.8 Å². The third-order valence-corrected chi connectivity index (χ3v) is 10.3. The van der Waals surface area contributed by atoms with Crippen molar-refractivity contribution in [2.45, 2.75) is 48.6 Å². The molecule has 1 aromatic heterocycles. The summed E-state index contributed by atoms with van der Waals surface area (Å²) in [6, 6.07) is 15.4. The zero-order valence-electron chi connectivity index (χ0n) is 23.3. The first-order valence-electron chi connectivity index (χ1n) is 13.5. The lowest BCUT2D eigenvalue weighted by Gasteiger charge is -2.34. The zero-order valence-corrected chi connectivity index (χ0v) is 25.8. The van der Waals surface area contributed by atoms with Gasteiger partial charge < -0.3 is 4.74 Å². The summed E-state index contributed by atoms with van der Waals surface area (Å²) >= 11 is 1.47. The molecule has 0 spiro atoms. The molecule has 2 N–H and O–H groups in total. The molecular formula is C30H28FNO9S3. The predicted octanol–water partition coefficient (Wildman–Crippen LogP) is 5.22. The molecule has 1 saturated carbocycles. The maximum Gasteiger partial charge on any atom is 0.308 e. The van der Waals surface area contributed by atoms with Crippen molar-refractivity contribution in [1.29, 1.82) is 0 Å². The summed E-state index contributed by atoms with van der Waals surface area (Å²) < 4.78 is 82.3. The van der Waals surface area contributed by atoms with Crippen LogP contribution in [-0.2, 0) is 42.8 Å². The van der Waals surface area contributed by atoms with Crippen molar-refractivity contribution in [1.82, 2.24) is 4.90 Å². The van der Waals surface area contributed by atoms with Gasteiger partial charge in [0.15, 0.2) is 10.8 Å². The number of fused-ring (bicyclic) bond motifs is 2. The Balaban J connectivity index is 0.000000187. The first-order valence-corrected chi connectivity index (χ1v) is 17.2. The van der Waals surface area contributed by atoms with Gasteiger partial charge in [0.1, 0.15) is 15.6 Å². The van der Waals surface area contributed by atoms with E-state index < -0.39 is 36.1 Å². The van der Waals surface area contributed by atoms with Gasteiger partial charge in [-0.25, -0.2) is 4.39 Å². The van der Waals surface area contributed by atoms with Gasteiger partial charge in [-0.2, -0.15) is 16.8 Å². The van der Waals surface area contributed by atoms with Crippen LogP contribution in [0.3, 0.4) is 0 Å². The molecule has 232 valence electrons. The van der Waals surface area contributed by atoms with Gasteiger partial charge >= 0.3 is 5.97 Å². The fourth-order valence-electron chi connectivity index (χ4n) is 5.26. The molecule has 0 radical (unpaired) electrons. The van der Waals surface area contributed by atoms with Crippen molar-refractivity contribution < 1.29 is 44.7 Å². The maximum atomic E-state index is 14.4. The number of Topliss-reactive ketones (excluding diaryl/α,β-unsaturated/α-hetero) is 1. The van der Waals surface area contributed by atoms with E-state index in [0.29, 0.717) is 23.7 Å². The zero-order chi connectivity index (χ0) is 31.8. The molecule has 3 aromatic carbocycles. The van der Waals surface area contributed by atoms with E-state index in [1.54, 1.807) is 18.2 Å². The minimum Gasteiger partial charge on any atom is -0.416 e. The lowest BCUT2D eigenvalue weighted by Crippen LogP contribution is -2.38. The van der Waals surface area contributed by atoms with Crippen LogP contribution >= 0.6 is 11.3 Å². The van der Waals surface area contributed by atoms with Crippen LogP contribution in [-0.4, -0.2) is 49.1 Å². The third kappa shape index (κ3) is 7.06. The summed E-state index contributed by atoms with van der Waals surface area (Å²) in [4.78, 5) is 26.5. The van der Waals surface area contributed by atoms with Crippen LogP contribution in [0.2, 0.25) is 0 Å². The molecule has 6 rings (SSSR count). The van der Waals surface area contributed by atoms with Crippen LogP contribution in [0.5, 0.6) is 5.06 Å². The number of halogens is 1. The SMILES string of the molecule is CC(=O)Oc1cc2c(s1)CCN(C(C(=O)C1CC1)c1ccccc1F)C2.O=S(=O)(O)c1cccc2c(S(=O)(=O)O)cccc12. The summed E-state index contributed by atoms with van der Waals surface area (Å²) in [7, 11) is -8.94. The fraction of sp³-hybridized carbons (Fsp3) is 0.267. The van der Waals surface area contributed by atoms with Gasteiger partial charge in [0.05, 0.1) is 6.04 Å². The smallest absolute Gasteiger partial charge is 0.308 e. The van der Waals surface area contributed by atoms with Crippen LogP contribution in [0, 0.1) is 11.7 Å². The number of rotatable bonds is 7. The summed E-state index contributed by atoms with van der Waals surface area (Å²) in [6.07, 6.45) is 2.57. The van der Waals surface area contributed by atoms with Crippen molar-refractivity contribution in [3.63, 3.8) is 0 Å². The molecule has 1 fully saturated rings. The topological polar surface area (TPSA) is 155 Å². The van der Waals surface area contributed by atoms with E-state index in [1.807, 2.05) is 6.07 Å². The van der Waals surface area contributed by atoms with Crippen LogP contribution in [0.15, 0.2) is 76.5 Å². The highest BCUT2D eigenvalue weighted by Crippen LogP contribution is 2.41. The molecule has 2 heterocycles. The second-order valence-electron chi connectivity index (χ2n) is 10.5. The first kappa shape index (κ1) is 31.9. The highest BCUT2D eigenvalue weighted by atomic mass is 32.2. The number of benzene rings is 3. The fourth-order valence-corrected chi connectivity index (χ4v) is 7.72. The molecule has 44 heavy (non-hydrogen) atoms. The summed E-state index contributed by atoms with van der Waals surface area (Å²) in [5.74, 6) is -0.495. The lowest BCUT2D eigenvalue weighted by atomic mass is 9.95. The van der Waals surface area contributed by atoms with Gasteiger partial charge in [-0.1, -0.05) is 42.5 Å². The largest absolute Gasteiger partial charge is 0.416 e. The molecule has 1 aliphatic heterocycles. The molecule has 1 unspecified atom stereocenters. The van der Waals surface area contributed by atoms with E-state index in [9.17, 15) is 30.8 Å². The summed E-state index contributed by atoms with van der Waals surface area (Å²) in [5, 5.41) is 0.630. The number of carbonyl (C=O) groups is 2. The molecule has 0 bridgehead atoms. The third-order valence-electron chi connectivity index (χ3n) is 7.33. The Bertz CT molecular complexity index is 1900. The second-order valence-corrected chi connectivity index (χ2v) is 14.4. The van der Waals surface area contributed by atoms with E-state index in [1.165, 1.54) is 53.5 Å². The van der Waals surface area contributed by atoms with E-state index in [-0.39, 0.29) is 34.3 Å². The second kappa shape index (κ2) is 12.5. The van der Waals surface area contributed by atoms with Gasteiger partial charge in [-0.15, -0.1) is 11.3 Å². The molecule has 2 aliphatic rings. The van der Waals surface area contributed by atoms with Crippen LogP contribution in [0.4, 0.5) is 4.39 Å². The molecule has 4 aromatic rings. The Kier molecular flexibility index (Phi) is 9.03. The van der Waals surface area contributed by atoms with Crippen molar-refractivity contribution >= 4 is 54.1 Å². The van der Waals surface area contributed by atoms with Gasteiger partial charge in [0, 0.05) is 47.1 Å². The molecule has 1 atom stereocenters. The molecule has 0 saturated heterocycles. The first-order chi connectivity index (χ1) is 20.7. The van der Waals surface area contributed by atoms with Gasteiger partial charge in [0.25, 0.3) is 20.2 Å². The van der Waals surface area contributed by atoms with E-state index in [2.05, 4.69) is 4.90 Å². The van der Waals surface area contributed by atoms with Gasteiger partial charge in [-0.05, 0) is 49.1 Å². The quantitative estimate of drug-likeness (QED) is 0.199. The molecule has 14 heteroatoms. The number of carbonyl (C=O) groups excluding carboxylic acids is 2. The Labute approximate surface area is 257 Å². The van der Waals surface area contributed by atoms with Crippen molar-refractivity contribution in [2.24, 2.45) is 5.92 Å². The van der Waals surface area contributed by atoms with Crippen LogP contribution < -0.4 is 4.74 Å². The Morgan fingerprint density at radius 3 is 2.05 bits per heavy atom. The monoisotopic (exact) mass is 661 g/mol. The number of nitrogens with zero attached hydrogens (tertiary/aromatic N) is 1. The Morgan fingerprint density at radius 1 is 0.932 bits per heavy atom. The molecule has 1 aliphatic carbocycles. The molecular weight excluding hydrogens is 634 g/mol. The minimum atomic E-state index is -4.47. The van der Waals surface area contributed by atoms with Crippen molar-refractivity contribution in [3.8, 4) is 5.06 Å². The number of ketones is 1. The Morgan fingerprint density at radius 2 is 1.52 bits per heavy atom. The molecule has 0 amide bonds. The van der Waals surface area contributed by atoms with Gasteiger partial charge in [-0.3, -0.25) is 23.6 Å². The van der Waals surface area contributed by atoms with Gasteiger partial charge in [0.2, 0.25) is 0 Å². The number of thiophene rings is 1. The van der Waals surface area contributed by atoms with Crippen LogP contribution in [0.1, 0.15) is 41.8 Å². The normalized spacial score (nSPS) is 16.0. The summed E-state index contributed by atoms with van der Waals surface area (Å²) in [6.45, 7) is 2.63. The summed E-state index contributed by atoms with van der Waals surface area (Å²) in [5.41, 5.74) is 1.52. The molecule has 10 nitrogen and oxygen atoms in total. The van der Waals surface area contributed by atoms with E-state index >= 15 is 0 Å². The highest BCUT2D eigenvalue weighted by molar-refractivity contribution is 7.86. The van der Waals surface area contributed by atoms with E-state index in [4.69, 9.17) is 13.8 Å². The lowest BCUT2D eigenvalue weighted by molar-refractivity contribution is -0.131. The Hall–Kier alpha value is -3.53. The van der Waals surface area contributed by atoms with Crippen molar-refractivity contribution in [3.05, 3.63) is 88.6 Å². The average molecular weight is 662 g/mol. The standard InChI is InChI=1S/C20H20FNO3S.C10H8O6S2/c1-12(23)25-18-10-14-11-22(9-8-17(14)26-18)19(20(24)13-6-7-13)15-4-2-3-5-16(15)21;11-17(12,13)9-5-1-3-7-8(9)4-2-6-10(7)18(14,15)16/h2-5,10,13,19H,6-9,11H2,1H3;1-6H,(H,11,12,13)(H,14,15,16). The predicted molar refractivity (Wildman–Crippen MR) is 160 cm³/mol. The maximum absolute atomic E-state index is 14.4. The number of esters is 1.